The van der Waals surface area contributed by atoms with Gasteiger partial charge < -0.3 is 4.74 Å². The van der Waals surface area contributed by atoms with Gasteiger partial charge in [0, 0.05) is 5.57 Å². The largest absolute Gasteiger partial charge is 0.423 e. The van der Waals surface area contributed by atoms with Gasteiger partial charge in [0.25, 0.3) is 0 Å². The van der Waals surface area contributed by atoms with Crippen LogP contribution in [0.15, 0.2) is 73.1 Å². The van der Waals surface area contributed by atoms with E-state index in [2.05, 4.69) is 27.0 Å². The van der Waals surface area contributed by atoms with Crippen molar-refractivity contribution >= 4 is 5.97 Å². The maximum atomic E-state index is 12.4. The minimum absolute atomic E-state index is 0.305. The van der Waals surface area contributed by atoms with Crippen LogP contribution in [0.25, 0.3) is 0 Å². The zero-order valence-electron chi connectivity index (χ0n) is 13.6. The monoisotopic (exact) mass is 296 g/mol. The van der Waals surface area contributed by atoms with E-state index in [0.29, 0.717) is 17.2 Å². The van der Waals surface area contributed by atoms with E-state index in [9.17, 15) is 4.79 Å². The first-order valence-electron chi connectivity index (χ1n) is 7.50. The van der Waals surface area contributed by atoms with Gasteiger partial charge in [0.15, 0.2) is 0 Å². The van der Waals surface area contributed by atoms with Gasteiger partial charge in [-0.2, -0.15) is 0 Å². The van der Waals surface area contributed by atoms with Gasteiger partial charge >= 0.3 is 5.97 Å². The Hall–Kier alpha value is -2.35. The van der Waals surface area contributed by atoms with Crippen LogP contribution < -0.4 is 0 Å². The predicted molar refractivity (Wildman–Crippen MR) is 92.8 cm³/mol. The fraction of sp³-hybridized carbons (Fsp3) is 0.250. The van der Waals surface area contributed by atoms with Crippen LogP contribution in [0.5, 0.6) is 0 Å². The summed E-state index contributed by atoms with van der Waals surface area (Å²) in [5, 5.41) is 0. The first-order valence-corrected chi connectivity index (χ1v) is 7.50. The van der Waals surface area contributed by atoms with Crippen LogP contribution >= 0.6 is 0 Å². The van der Waals surface area contributed by atoms with Gasteiger partial charge in [-0.1, -0.05) is 69.5 Å². The summed E-state index contributed by atoms with van der Waals surface area (Å²) in [5.74, 6) is 0.274. The SMILES string of the molecule is C=C/C=C\C(=C/C)C(=C)OC(=O)c1ccccc1C(C)CC. The summed E-state index contributed by atoms with van der Waals surface area (Å²) in [6.45, 7) is 13.5. The van der Waals surface area contributed by atoms with Crippen molar-refractivity contribution in [2.24, 2.45) is 0 Å². The zero-order valence-corrected chi connectivity index (χ0v) is 13.6. The zero-order chi connectivity index (χ0) is 16.5. The molecule has 0 saturated heterocycles. The molecule has 0 aliphatic heterocycles. The lowest BCUT2D eigenvalue weighted by Crippen LogP contribution is -2.10. The molecule has 1 rings (SSSR count). The number of esters is 1. The van der Waals surface area contributed by atoms with E-state index in [1.54, 1.807) is 18.2 Å². The van der Waals surface area contributed by atoms with Crippen LogP contribution in [-0.2, 0) is 4.74 Å². The van der Waals surface area contributed by atoms with Crippen LogP contribution in [0.2, 0.25) is 0 Å². The van der Waals surface area contributed by atoms with Crippen molar-refractivity contribution in [2.45, 2.75) is 33.1 Å². The smallest absolute Gasteiger partial charge is 0.343 e. The fourth-order valence-corrected chi connectivity index (χ4v) is 2.08. The normalized spacial score (nSPS) is 13.0. The molecule has 0 spiro atoms. The molecule has 0 bridgehead atoms. The van der Waals surface area contributed by atoms with Gasteiger partial charge in [-0.05, 0) is 30.9 Å². The molecule has 2 heteroatoms. The molecular formula is C20H24O2. The lowest BCUT2D eigenvalue weighted by molar-refractivity contribution is 0.0633. The summed E-state index contributed by atoms with van der Waals surface area (Å²) in [5.41, 5.74) is 2.36. The van der Waals surface area contributed by atoms with Crippen molar-refractivity contribution < 1.29 is 9.53 Å². The second-order valence-electron chi connectivity index (χ2n) is 5.05. The minimum atomic E-state index is -0.368. The first kappa shape index (κ1) is 17.7. The van der Waals surface area contributed by atoms with Crippen LogP contribution in [0.1, 0.15) is 49.0 Å². The number of carbonyl (C=O) groups is 1. The Kier molecular flexibility index (Phi) is 7.11. The van der Waals surface area contributed by atoms with Crippen LogP contribution in [0, 0.1) is 0 Å². The van der Waals surface area contributed by atoms with Gasteiger partial charge in [-0.25, -0.2) is 4.79 Å². The van der Waals surface area contributed by atoms with Crippen LogP contribution in [-0.4, -0.2) is 5.97 Å². The van der Waals surface area contributed by atoms with Crippen molar-refractivity contribution in [3.8, 4) is 0 Å². The molecule has 2 nitrogen and oxygen atoms in total. The fourth-order valence-electron chi connectivity index (χ4n) is 2.08. The Morgan fingerprint density at radius 1 is 1.36 bits per heavy atom. The molecule has 1 aromatic rings. The molecule has 0 fully saturated rings. The lowest BCUT2D eigenvalue weighted by atomic mass is 9.94. The highest BCUT2D eigenvalue weighted by molar-refractivity contribution is 5.92. The topological polar surface area (TPSA) is 26.3 Å². The van der Waals surface area contributed by atoms with Gasteiger partial charge in [0.1, 0.15) is 5.76 Å². The van der Waals surface area contributed by atoms with Crippen molar-refractivity contribution in [2.75, 3.05) is 0 Å². The van der Waals surface area contributed by atoms with E-state index in [0.717, 1.165) is 17.6 Å². The summed E-state index contributed by atoms with van der Waals surface area (Å²) in [6, 6.07) is 7.56. The summed E-state index contributed by atoms with van der Waals surface area (Å²) in [6.07, 6.45) is 8.06. The predicted octanol–water partition coefficient (Wildman–Crippen LogP) is 5.56. The molecule has 116 valence electrons. The second-order valence-corrected chi connectivity index (χ2v) is 5.05. The maximum absolute atomic E-state index is 12.4. The van der Waals surface area contributed by atoms with Gasteiger partial charge in [-0.3, -0.25) is 0 Å². The first-order chi connectivity index (χ1) is 10.5. The quantitative estimate of drug-likeness (QED) is 0.374. The summed E-state index contributed by atoms with van der Waals surface area (Å²) in [7, 11) is 0. The molecule has 22 heavy (non-hydrogen) atoms. The Morgan fingerprint density at radius 2 is 2.05 bits per heavy atom. The Labute approximate surface area is 133 Å². The molecule has 0 radical (unpaired) electrons. The standard InChI is InChI=1S/C20H24O2/c1-6-9-12-17(8-3)16(5)22-20(21)19-14-11-10-13-18(19)15(4)7-2/h6,8-15H,1,5,7H2,2-4H3/b12-9-,17-8+. The van der Waals surface area contributed by atoms with Crippen molar-refractivity contribution in [3.63, 3.8) is 0 Å². The van der Waals surface area contributed by atoms with Crippen LogP contribution in [0.4, 0.5) is 0 Å². The molecule has 0 saturated carbocycles. The number of hydrogen-bond donors (Lipinski definition) is 0. The van der Waals surface area contributed by atoms with Gasteiger partial charge in [0.2, 0.25) is 0 Å². The van der Waals surface area contributed by atoms with E-state index < -0.39 is 0 Å². The molecule has 0 amide bonds. The molecule has 1 aromatic carbocycles. The molecule has 0 aliphatic rings. The molecule has 0 aromatic heterocycles. The van der Waals surface area contributed by atoms with E-state index in [1.165, 1.54) is 0 Å². The van der Waals surface area contributed by atoms with Gasteiger partial charge in [0.05, 0.1) is 5.56 Å². The highest BCUT2D eigenvalue weighted by Gasteiger charge is 2.17. The number of allylic oxidation sites excluding steroid dienone is 4. The molecule has 1 atom stereocenters. The van der Waals surface area contributed by atoms with Crippen molar-refractivity contribution in [1.29, 1.82) is 0 Å². The third-order valence-electron chi connectivity index (χ3n) is 3.58. The molecule has 0 aliphatic carbocycles. The minimum Gasteiger partial charge on any atom is -0.423 e. The van der Waals surface area contributed by atoms with E-state index in [1.807, 2.05) is 37.3 Å². The third-order valence-corrected chi connectivity index (χ3v) is 3.58. The number of rotatable bonds is 7. The number of benzene rings is 1. The molecular weight excluding hydrogens is 272 g/mol. The highest BCUT2D eigenvalue weighted by atomic mass is 16.5. The average molecular weight is 296 g/mol. The summed E-state index contributed by atoms with van der Waals surface area (Å²) >= 11 is 0. The van der Waals surface area contributed by atoms with E-state index in [-0.39, 0.29) is 5.97 Å². The third kappa shape index (κ3) is 4.59. The molecule has 0 N–H and O–H groups in total. The Balaban J connectivity index is 2.96. The molecule has 1 unspecified atom stereocenters. The van der Waals surface area contributed by atoms with Crippen molar-refractivity contribution in [1.82, 2.24) is 0 Å². The van der Waals surface area contributed by atoms with E-state index in [4.69, 9.17) is 4.74 Å². The number of hydrogen-bond acceptors (Lipinski definition) is 2. The summed E-state index contributed by atoms with van der Waals surface area (Å²) in [4.78, 5) is 12.4. The van der Waals surface area contributed by atoms with Gasteiger partial charge in [-0.15, -0.1) is 0 Å². The second kappa shape index (κ2) is 8.83. The average Bonchev–Trinajstić information content (AvgIpc) is 2.54. The number of carbonyl (C=O) groups excluding carboxylic acids is 1. The lowest BCUT2D eigenvalue weighted by Gasteiger charge is -2.15. The van der Waals surface area contributed by atoms with Crippen LogP contribution in [0.3, 0.4) is 0 Å². The number of ether oxygens (including phenoxy) is 1. The van der Waals surface area contributed by atoms with Crippen molar-refractivity contribution in [3.05, 3.63) is 84.2 Å². The van der Waals surface area contributed by atoms with E-state index >= 15 is 0 Å². The Bertz CT molecular complexity index is 606. The molecule has 0 heterocycles. The Morgan fingerprint density at radius 3 is 2.64 bits per heavy atom. The summed E-state index contributed by atoms with van der Waals surface area (Å²) < 4.78 is 5.43. The highest BCUT2D eigenvalue weighted by Crippen LogP contribution is 2.24. The maximum Gasteiger partial charge on any atom is 0.343 e.